The minimum absolute atomic E-state index is 0.0618. The van der Waals surface area contributed by atoms with Gasteiger partial charge in [-0.2, -0.15) is 0 Å². The molecule has 2 heterocycles. The van der Waals surface area contributed by atoms with Crippen LogP contribution in [0.3, 0.4) is 0 Å². The quantitative estimate of drug-likeness (QED) is 0.282. The summed E-state index contributed by atoms with van der Waals surface area (Å²) < 4.78 is 41.1. The second-order valence-corrected chi connectivity index (χ2v) is 12.5. The summed E-state index contributed by atoms with van der Waals surface area (Å²) in [4.78, 5) is 26.1. The Hall–Kier alpha value is -0.710. The minimum Gasteiger partial charge on any atom is -0.308 e. The molecule has 12 heteroatoms. The van der Waals surface area contributed by atoms with Crippen molar-refractivity contribution in [2.24, 2.45) is 0 Å². The van der Waals surface area contributed by atoms with E-state index in [9.17, 15) is 22.4 Å². The fourth-order valence-corrected chi connectivity index (χ4v) is 11.1. The lowest BCUT2D eigenvalue weighted by Crippen LogP contribution is -2.51. The number of rotatable bonds is 5. The molecule has 0 spiro atoms. The van der Waals surface area contributed by atoms with Gasteiger partial charge in [-0.1, -0.05) is 6.07 Å². The van der Waals surface area contributed by atoms with E-state index >= 15 is 0 Å². The highest BCUT2D eigenvalue weighted by molar-refractivity contribution is 14.2. The molecule has 1 fully saturated rings. The van der Waals surface area contributed by atoms with Gasteiger partial charge in [0.15, 0.2) is 0 Å². The lowest BCUT2D eigenvalue weighted by atomic mass is 10.0. The topological polar surface area (TPSA) is 79.7 Å². The molecule has 1 atom stereocenters. The summed E-state index contributed by atoms with van der Waals surface area (Å²) in [5, 5.41) is 0. The van der Waals surface area contributed by atoms with Gasteiger partial charge in [0.1, 0.15) is 11.9 Å². The van der Waals surface area contributed by atoms with Gasteiger partial charge in [0.25, 0.3) is 12.8 Å². The van der Waals surface area contributed by atoms with E-state index in [2.05, 4.69) is 0 Å². The van der Waals surface area contributed by atoms with E-state index in [0.717, 1.165) is 12.8 Å². The van der Waals surface area contributed by atoms with Crippen LogP contribution in [0.5, 0.6) is 0 Å². The molecular weight excluding hydrogens is 635 g/mol. The van der Waals surface area contributed by atoms with Crippen LogP contribution in [0.1, 0.15) is 12.8 Å². The monoisotopic (exact) mass is 649 g/mol. The zero-order valence-electron chi connectivity index (χ0n) is 14.2. The maximum Gasteiger partial charge on any atom is 0.278 e. The first kappa shape index (κ1) is 22.0. The van der Waals surface area contributed by atoms with Crippen LogP contribution in [0.15, 0.2) is 47.4 Å². The highest BCUT2D eigenvalue weighted by Gasteiger charge is 2.39. The van der Waals surface area contributed by atoms with Gasteiger partial charge < -0.3 is 4.90 Å². The van der Waals surface area contributed by atoms with Crippen molar-refractivity contribution in [3.05, 3.63) is 58.8 Å². The van der Waals surface area contributed by atoms with Crippen LogP contribution in [0, 0.1) is 5.82 Å². The van der Waals surface area contributed by atoms with E-state index in [-0.39, 0.29) is 17.8 Å². The molecule has 0 N–H and O–H groups in total. The lowest BCUT2D eigenvalue weighted by Gasteiger charge is -2.35. The highest BCUT2D eigenvalue weighted by atomic mass is 127. The zero-order chi connectivity index (χ0) is 20.5. The predicted octanol–water partition coefficient (Wildman–Crippen LogP) is 3.45. The first-order chi connectivity index (χ1) is 13.2. The smallest absolute Gasteiger partial charge is 0.278 e. The van der Waals surface area contributed by atoms with Gasteiger partial charge in [-0.25, -0.2) is 12.8 Å². The maximum atomic E-state index is 14.8. The van der Waals surface area contributed by atoms with Gasteiger partial charge in [-0.3, -0.25) is 14.2 Å². The Kier molecular flexibility index (Phi) is 7.05. The van der Waals surface area contributed by atoms with E-state index in [0.29, 0.717) is 18.5 Å². The van der Waals surface area contributed by atoms with Crippen LogP contribution < -0.4 is 10.5 Å². The first-order valence-electron chi connectivity index (χ1n) is 8.06. The van der Waals surface area contributed by atoms with Gasteiger partial charge in [-0.15, -0.1) is 3.71 Å². The molecule has 1 aliphatic rings. The molecule has 7 nitrogen and oxygen atoms in total. The van der Waals surface area contributed by atoms with Crippen LogP contribution in [-0.2, 0) is 12.0 Å². The molecule has 1 aromatic heterocycles. The number of pyridine rings is 1. The van der Waals surface area contributed by atoms with E-state index in [1.54, 1.807) is 18.2 Å². The summed E-state index contributed by atoms with van der Waals surface area (Å²) in [6, 6.07) is 7.90. The van der Waals surface area contributed by atoms with Crippen molar-refractivity contribution in [1.82, 2.24) is 8.28 Å². The maximum absolute atomic E-state index is 14.8. The lowest BCUT2D eigenvalue weighted by molar-refractivity contribution is -0.122. The SMILES string of the molecule is O=C1C(N(SI)S(=O)(=O)I)CCCN1c1ccc(-n2ccccc2=O)cc1F. The number of carbonyl (C=O) groups excluding carboxylic acids is 1. The standard InChI is InChI=1S/C16H14FI2N3O4S2/c17-12-10-11(20-8-2-1-5-15(20)23)6-7-13(12)21-9-3-4-14(16(21)24)22(27-18)28(19,25)26/h1-2,5-8,10,14H,3-4,9H2. The van der Waals surface area contributed by atoms with Crippen molar-refractivity contribution >= 4 is 70.3 Å². The number of halogens is 3. The number of anilines is 1. The number of piperidine rings is 1. The Morgan fingerprint density at radius 2 is 1.96 bits per heavy atom. The molecule has 150 valence electrons. The third-order valence-electron chi connectivity index (χ3n) is 4.27. The predicted molar refractivity (Wildman–Crippen MR) is 124 cm³/mol. The Bertz CT molecular complexity index is 1060. The fraction of sp³-hybridized carbons (Fsp3) is 0.250. The molecule has 0 bridgehead atoms. The van der Waals surface area contributed by atoms with Crippen LogP contribution in [0.4, 0.5) is 10.1 Å². The van der Waals surface area contributed by atoms with Crippen LogP contribution >= 0.6 is 51.5 Å². The van der Waals surface area contributed by atoms with Crippen LogP contribution in [0.2, 0.25) is 0 Å². The molecule has 1 saturated heterocycles. The second kappa shape index (κ2) is 8.97. The third-order valence-corrected chi connectivity index (χ3v) is 10.3. The Morgan fingerprint density at radius 1 is 1.21 bits per heavy atom. The number of amides is 1. The summed E-state index contributed by atoms with van der Waals surface area (Å²) >= 11 is 3.10. The third kappa shape index (κ3) is 4.55. The fourth-order valence-electron chi connectivity index (χ4n) is 3.03. The van der Waals surface area contributed by atoms with Crippen molar-refractivity contribution in [3.8, 4) is 5.69 Å². The van der Waals surface area contributed by atoms with Crippen molar-refractivity contribution in [3.63, 3.8) is 0 Å². The van der Waals surface area contributed by atoms with E-state index in [1.165, 1.54) is 55.1 Å². The normalized spacial score (nSPS) is 17.9. The Balaban J connectivity index is 1.94. The molecule has 1 aromatic carbocycles. The summed E-state index contributed by atoms with van der Waals surface area (Å²) in [5.41, 5.74) is 0.101. The summed E-state index contributed by atoms with van der Waals surface area (Å²) in [6.45, 7) is 0.290. The van der Waals surface area contributed by atoms with Gasteiger partial charge in [-0.05, 0) is 31.0 Å². The zero-order valence-corrected chi connectivity index (χ0v) is 20.1. The second-order valence-electron chi connectivity index (χ2n) is 5.96. The summed E-state index contributed by atoms with van der Waals surface area (Å²) in [6.07, 6.45) is 2.43. The van der Waals surface area contributed by atoms with Gasteiger partial charge in [0, 0.05) is 55.2 Å². The first-order valence-corrected chi connectivity index (χ1v) is 15.4. The Labute approximate surface area is 189 Å². The average molecular weight is 649 g/mol. The minimum atomic E-state index is -3.63. The van der Waals surface area contributed by atoms with Crippen LogP contribution in [-0.4, -0.2) is 35.2 Å². The van der Waals surface area contributed by atoms with Crippen molar-refractivity contribution in [2.75, 3.05) is 11.4 Å². The number of benzene rings is 1. The molecule has 3 rings (SSSR count). The van der Waals surface area contributed by atoms with Gasteiger partial charge in [0.05, 0.1) is 32.6 Å². The van der Waals surface area contributed by atoms with Gasteiger partial charge >= 0.3 is 0 Å². The molecule has 28 heavy (non-hydrogen) atoms. The average Bonchev–Trinajstić information content (AvgIpc) is 2.63. The molecule has 0 radical (unpaired) electrons. The van der Waals surface area contributed by atoms with E-state index < -0.39 is 25.0 Å². The number of hydrogen-bond acceptors (Lipinski definition) is 5. The largest absolute Gasteiger partial charge is 0.308 e. The molecule has 0 saturated carbocycles. The van der Waals surface area contributed by atoms with E-state index in [4.69, 9.17) is 0 Å². The molecule has 0 aliphatic carbocycles. The van der Waals surface area contributed by atoms with Crippen molar-refractivity contribution in [1.29, 1.82) is 0 Å². The van der Waals surface area contributed by atoms with Gasteiger partial charge in [0.2, 0.25) is 5.91 Å². The molecule has 1 amide bonds. The number of aromatic nitrogens is 1. The summed E-state index contributed by atoms with van der Waals surface area (Å²) in [5.74, 6) is -1.13. The van der Waals surface area contributed by atoms with Crippen LogP contribution in [0.25, 0.3) is 5.69 Å². The highest BCUT2D eigenvalue weighted by Crippen LogP contribution is 2.35. The summed E-state index contributed by atoms with van der Waals surface area (Å²) in [7, 11) is -2.71. The van der Waals surface area contributed by atoms with Crippen molar-refractivity contribution in [2.45, 2.75) is 18.9 Å². The molecular formula is C16H14FI2N3O4S2. The van der Waals surface area contributed by atoms with Crippen molar-refractivity contribution < 1.29 is 17.6 Å². The molecule has 2 aromatic rings. The number of nitrogens with zero attached hydrogens (tertiary/aromatic N) is 3. The molecule has 1 aliphatic heterocycles. The number of hydrogen-bond donors (Lipinski definition) is 0. The Morgan fingerprint density at radius 3 is 2.57 bits per heavy atom. The van der Waals surface area contributed by atoms with E-state index in [1.807, 2.05) is 21.2 Å². The number of carbonyl (C=O) groups is 1. The molecule has 1 unspecified atom stereocenters.